The largest absolute Gasteiger partial charge is 0.320 e. The summed E-state index contributed by atoms with van der Waals surface area (Å²) in [5.74, 6) is 0.924. The Morgan fingerprint density at radius 1 is 1.28 bits per heavy atom. The average molecular weight is 311 g/mol. The highest BCUT2D eigenvalue weighted by molar-refractivity contribution is 9.10. The Hall–Kier alpha value is -0.380. The standard InChI is InChI=1S/C15H23BrN2/c1-17-9-6-13-7-10-18(11-8-13)12-14-4-2-3-5-15(14)16/h2-5,13,17H,6-12H2,1H3. The quantitative estimate of drug-likeness (QED) is 0.898. The van der Waals surface area contributed by atoms with Gasteiger partial charge in [-0.05, 0) is 63.5 Å². The van der Waals surface area contributed by atoms with Crippen molar-refractivity contribution >= 4 is 15.9 Å². The molecule has 1 saturated heterocycles. The molecule has 1 aliphatic rings. The van der Waals surface area contributed by atoms with Crippen LogP contribution in [0.25, 0.3) is 0 Å². The maximum absolute atomic E-state index is 3.63. The summed E-state index contributed by atoms with van der Waals surface area (Å²) in [6.45, 7) is 4.74. The Morgan fingerprint density at radius 2 is 2.00 bits per heavy atom. The highest BCUT2D eigenvalue weighted by Crippen LogP contribution is 2.23. The molecule has 1 heterocycles. The van der Waals surface area contributed by atoms with Gasteiger partial charge in [0, 0.05) is 11.0 Å². The first kappa shape index (κ1) is 14.0. The van der Waals surface area contributed by atoms with Crippen LogP contribution in [-0.2, 0) is 6.54 Å². The van der Waals surface area contributed by atoms with E-state index in [9.17, 15) is 0 Å². The predicted molar refractivity (Wildman–Crippen MR) is 80.7 cm³/mol. The molecule has 0 bridgehead atoms. The molecule has 0 atom stereocenters. The van der Waals surface area contributed by atoms with Crippen molar-refractivity contribution in [2.75, 3.05) is 26.7 Å². The maximum atomic E-state index is 3.63. The number of nitrogens with one attached hydrogen (secondary N) is 1. The van der Waals surface area contributed by atoms with Crippen LogP contribution in [-0.4, -0.2) is 31.6 Å². The van der Waals surface area contributed by atoms with Crippen LogP contribution in [0.5, 0.6) is 0 Å². The molecule has 1 aromatic carbocycles. The van der Waals surface area contributed by atoms with Crippen molar-refractivity contribution in [2.45, 2.75) is 25.8 Å². The second-order valence-corrected chi connectivity index (χ2v) is 6.06. The molecule has 0 aromatic heterocycles. The van der Waals surface area contributed by atoms with Gasteiger partial charge in [-0.25, -0.2) is 0 Å². The fourth-order valence-electron chi connectivity index (χ4n) is 2.65. The zero-order valence-corrected chi connectivity index (χ0v) is 12.7. The molecule has 0 saturated carbocycles. The first-order valence-corrected chi connectivity index (χ1v) is 7.69. The second-order valence-electron chi connectivity index (χ2n) is 5.20. The Bertz CT molecular complexity index is 359. The molecule has 0 aliphatic carbocycles. The van der Waals surface area contributed by atoms with Crippen LogP contribution in [0, 0.1) is 5.92 Å². The lowest BCUT2D eigenvalue weighted by molar-refractivity contribution is 0.172. The van der Waals surface area contributed by atoms with Crippen LogP contribution in [0.1, 0.15) is 24.8 Å². The van der Waals surface area contributed by atoms with Crippen molar-refractivity contribution in [3.63, 3.8) is 0 Å². The van der Waals surface area contributed by atoms with Gasteiger partial charge in [0.1, 0.15) is 0 Å². The van der Waals surface area contributed by atoms with Gasteiger partial charge in [0.15, 0.2) is 0 Å². The summed E-state index contributed by atoms with van der Waals surface area (Å²) in [4.78, 5) is 2.58. The summed E-state index contributed by atoms with van der Waals surface area (Å²) in [5.41, 5.74) is 1.41. The molecule has 0 spiro atoms. The summed E-state index contributed by atoms with van der Waals surface area (Å²) in [6, 6.07) is 8.56. The first-order chi connectivity index (χ1) is 8.79. The zero-order valence-electron chi connectivity index (χ0n) is 11.2. The fraction of sp³-hybridized carbons (Fsp3) is 0.600. The average Bonchev–Trinajstić information content (AvgIpc) is 2.41. The van der Waals surface area contributed by atoms with Crippen LogP contribution in [0.4, 0.5) is 0 Å². The van der Waals surface area contributed by atoms with E-state index in [1.807, 2.05) is 7.05 Å². The molecule has 0 unspecified atom stereocenters. The third-order valence-corrected chi connectivity index (χ3v) is 4.64. The minimum Gasteiger partial charge on any atom is -0.320 e. The van der Waals surface area contributed by atoms with Crippen LogP contribution < -0.4 is 5.32 Å². The maximum Gasteiger partial charge on any atom is 0.0244 e. The normalized spacial score (nSPS) is 18.1. The number of rotatable bonds is 5. The molecule has 1 N–H and O–H groups in total. The van der Waals surface area contributed by atoms with Crippen molar-refractivity contribution < 1.29 is 0 Å². The Kier molecular flexibility index (Phi) is 5.67. The third-order valence-electron chi connectivity index (χ3n) is 3.86. The van der Waals surface area contributed by atoms with Crippen molar-refractivity contribution in [2.24, 2.45) is 5.92 Å². The summed E-state index contributed by atoms with van der Waals surface area (Å²) in [7, 11) is 2.04. The van der Waals surface area contributed by atoms with Gasteiger partial charge in [-0.3, -0.25) is 4.90 Å². The van der Waals surface area contributed by atoms with Crippen molar-refractivity contribution in [1.29, 1.82) is 0 Å². The first-order valence-electron chi connectivity index (χ1n) is 6.90. The van der Waals surface area contributed by atoms with E-state index < -0.39 is 0 Å². The smallest absolute Gasteiger partial charge is 0.0244 e. The van der Waals surface area contributed by atoms with Crippen LogP contribution in [0.15, 0.2) is 28.7 Å². The number of nitrogens with zero attached hydrogens (tertiary/aromatic N) is 1. The van der Waals surface area contributed by atoms with Crippen LogP contribution in [0.3, 0.4) is 0 Å². The molecule has 100 valence electrons. The highest BCUT2D eigenvalue weighted by Gasteiger charge is 2.19. The van der Waals surface area contributed by atoms with Gasteiger partial charge in [-0.15, -0.1) is 0 Å². The van der Waals surface area contributed by atoms with Crippen LogP contribution >= 0.6 is 15.9 Å². The van der Waals surface area contributed by atoms with Gasteiger partial charge in [-0.1, -0.05) is 34.1 Å². The Labute approximate surface area is 119 Å². The Morgan fingerprint density at radius 3 is 2.67 bits per heavy atom. The number of halogens is 1. The van der Waals surface area contributed by atoms with E-state index in [-0.39, 0.29) is 0 Å². The zero-order chi connectivity index (χ0) is 12.8. The third kappa shape index (κ3) is 4.08. The van der Waals surface area contributed by atoms with Crippen molar-refractivity contribution in [3.05, 3.63) is 34.3 Å². The van der Waals surface area contributed by atoms with Crippen molar-refractivity contribution in [3.8, 4) is 0 Å². The van der Waals surface area contributed by atoms with Gasteiger partial charge < -0.3 is 5.32 Å². The van der Waals surface area contributed by atoms with Gasteiger partial charge in [0.2, 0.25) is 0 Å². The molecule has 3 heteroatoms. The summed E-state index contributed by atoms with van der Waals surface area (Å²) in [5, 5.41) is 3.25. The van der Waals surface area contributed by atoms with Gasteiger partial charge in [0.25, 0.3) is 0 Å². The molecular formula is C15H23BrN2. The van der Waals surface area contributed by atoms with E-state index in [0.29, 0.717) is 0 Å². The van der Waals surface area contributed by atoms with E-state index in [0.717, 1.165) is 19.0 Å². The molecule has 1 fully saturated rings. The summed E-state index contributed by atoms with van der Waals surface area (Å²) < 4.78 is 1.24. The number of benzene rings is 1. The lowest BCUT2D eigenvalue weighted by Gasteiger charge is -2.32. The second kappa shape index (κ2) is 7.27. The minimum atomic E-state index is 0.924. The molecule has 0 amide bonds. The highest BCUT2D eigenvalue weighted by atomic mass is 79.9. The number of likely N-dealkylation sites (tertiary alicyclic amines) is 1. The minimum absolute atomic E-state index is 0.924. The van der Waals surface area contributed by atoms with E-state index in [1.54, 1.807) is 0 Å². The summed E-state index contributed by atoms with van der Waals surface area (Å²) in [6.07, 6.45) is 4.04. The summed E-state index contributed by atoms with van der Waals surface area (Å²) >= 11 is 3.63. The number of hydrogen-bond donors (Lipinski definition) is 1. The molecule has 0 radical (unpaired) electrons. The van der Waals surface area contributed by atoms with Crippen molar-refractivity contribution in [1.82, 2.24) is 10.2 Å². The lowest BCUT2D eigenvalue weighted by atomic mass is 9.93. The van der Waals surface area contributed by atoms with E-state index in [4.69, 9.17) is 0 Å². The van der Waals surface area contributed by atoms with Gasteiger partial charge in [0.05, 0.1) is 0 Å². The van der Waals surface area contributed by atoms with E-state index >= 15 is 0 Å². The predicted octanol–water partition coefficient (Wildman–Crippen LogP) is 3.27. The molecule has 2 nitrogen and oxygen atoms in total. The molecular weight excluding hydrogens is 288 g/mol. The molecule has 1 aromatic rings. The van der Waals surface area contributed by atoms with E-state index in [1.165, 1.54) is 42.4 Å². The number of hydrogen-bond acceptors (Lipinski definition) is 2. The molecule has 1 aliphatic heterocycles. The van der Waals surface area contributed by atoms with Crippen LogP contribution in [0.2, 0.25) is 0 Å². The molecule has 18 heavy (non-hydrogen) atoms. The topological polar surface area (TPSA) is 15.3 Å². The molecule has 2 rings (SSSR count). The fourth-order valence-corrected chi connectivity index (χ4v) is 3.06. The number of piperidine rings is 1. The lowest BCUT2D eigenvalue weighted by Crippen LogP contribution is -2.34. The Balaban J connectivity index is 1.78. The van der Waals surface area contributed by atoms with Gasteiger partial charge >= 0.3 is 0 Å². The SMILES string of the molecule is CNCCC1CCN(Cc2ccccc2Br)CC1. The van der Waals surface area contributed by atoms with Gasteiger partial charge in [-0.2, -0.15) is 0 Å². The monoisotopic (exact) mass is 310 g/mol. The van der Waals surface area contributed by atoms with E-state index in [2.05, 4.69) is 50.4 Å².